The lowest BCUT2D eigenvalue weighted by Gasteiger charge is -2.18. The van der Waals surface area contributed by atoms with Crippen molar-refractivity contribution in [1.29, 1.82) is 0 Å². The summed E-state index contributed by atoms with van der Waals surface area (Å²) in [5.74, 6) is -1.04. The first-order chi connectivity index (χ1) is 34.0. The van der Waals surface area contributed by atoms with Crippen molar-refractivity contribution in [2.75, 3.05) is 13.2 Å². The van der Waals surface area contributed by atoms with E-state index in [1.165, 1.54) is 83.5 Å². The zero-order valence-electron chi connectivity index (χ0n) is 44.5. The van der Waals surface area contributed by atoms with Crippen LogP contribution in [0, 0.1) is 0 Å². The Labute approximate surface area is 424 Å². The first kappa shape index (κ1) is 64.8. The molecule has 0 heterocycles. The Morgan fingerprint density at radius 1 is 0.319 bits per heavy atom. The van der Waals surface area contributed by atoms with E-state index in [9.17, 15) is 14.4 Å². The summed E-state index contributed by atoms with van der Waals surface area (Å²) in [6, 6.07) is 0. The Morgan fingerprint density at radius 2 is 0.638 bits per heavy atom. The number of rotatable bonds is 49. The minimum atomic E-state index is -0.834. The van der Waals surface area contributed by atoms with E-state index in [0.29, 0.717) is 19.3 Å². The van der Waals surface area contributed by atoms with Crippen molar-refractivity contribution in [3.63, 3.8) is 0 Å². The quantitative estimate of drug-likeness (QED) is 0.0199. The van der Waals surface area contributed by atoms with Crippen LogP contribution in [0.2, 0.25) is 0 Å². The van der Waals surface area contributed by atoms with Gasteiger partial charge >= 0.3 is 17.9 Å². The average molecular weight is 956 g/mol. The first-order valence-electron chi connectivity index (χ1n) is 28.1. The van der Waals surface area contributed by atoms with Crippen molar-refractivity contribution >= 4 is 17.9 Å². The molecule has 1 unspecified atom stereocenters. The SMILES string of the molecule is CC/C=C\C/C=C\C/C=C\C/C=C\C/C=C\CCC(=O)OC(COC(=O)CCCCC/C=C\C=C/CCCCCCCCC)COC(=O)CCCCCCCCCCC/C=C\C/C=C\C/C=C\CC. The second-order valence-electron chi connectivity index (χ2n) is 18.1. The van der Waals surface area contributed by atoms with Crippen molar-refractivity contribution in [1.82, 2.24) is 0 Å². The highest BCUT2D eigenvalue weighted by molar-refractivity contribution is 5.71. The van der Waals surface area contributed by atoms with Gasteiger partial charge in [-0.1, -0.05) is 232 Å². The van der Waals surface area contributed by atoms with Gasteiger partial charge in [0, 0.05) is 19.3 Å². The van der Waals surface area contributed by atoms with Gasteiger partial charge in [0.2, 0.25) is 0 Å². The maximum Gasteiger partial charge on any atom is 0.306 e. The first-order valence-corrected chi connectivity index (χ1v) is 28.1. The molecular weight excluding hydrogens is 853 g/mol. The lowest BCUT2D eigenvalue weighted by molar-refractivity contribution is -0.166. The van der Waals surface area contributed by atoms with Crippen molar-refractivity contribution in [3.8, 4) is 0 Å². The second-order valence-corrected chi connectivity index (χ2v) is 18.1. The summed E-state index contributed by atoms with van der Waals surface area (Å²) >= 11 is 0. The molecule has 0 aliphatic rings. The summed E-state index contributed by atoms with van der Waals surface area (Å²) in [7, 11) is 0. The van der Waals surface area contributed by atoms with Crippen molar-refractivity contribution in [2.24, 2.45) is 0 Å². The minimum absolute atomic E-state index is 0.122. The minimum Gasteiger partial charge on any atom is -0.462 e. The zero-order valence-corrected chi connectivity index (χ0v) is 44.5. The Hall–Kier alpha value is -4.19. The number of allylic oxidation sites excluding steroid dienone is 20. The van der Waals surface area contributed by atoms with E-state index in [-0.39, 0.29) is 31.6 Å². The molecule has 6 nitrogen and oxygen atoms in total. The fraction of sp³-hybridized carbons (Fsp3) is 0.635. The summed E-state index contributed by atoms with van der Waals surface area (Å²) in [6.07, 6.45) is 77.7. The second kappa shape index (κ2) is 56.4. The predicted octanol–water partition coefficient (Wildman–Crippen LogP) is 18.9. The van der Waals surface area contributed by atoms with Crippen LogP contribution in [0.1, 0.15) is 239 Å². The van der Waals surface area contributed by atoms with Crippen molar-refractivity contribution in [3.05, 3.63) is 122 Å². The molecule has 0 aromatic heterocycles. The van der Waals surface area contributed by atoms with Gasteiger partial charge in [0.15, 0.2) is 6.10 Å². The van der Waals surface area contributed by atoms with Crippen LogP contribution in [0.4, 0.5) is 0 Å². The molecule has 0 saturated carbocycles. The van der Waals surface area contributed by atoms with Gasteiger partial charge in [-0.3, -0.25) is 14.4 Å². The molecule has 6 heteroatoms. The topological polar surface area (TPSA) is 78.9 Å². The molecule has 0 amide bonds. The van der Waals surface area contributed by atoms with Gasteiger partial charge in [0.1, 0.15) is 13.2 Å². The standard InChI is InChI=1S/C63H102O6/c1-4-7-10-13-16-19-22-25-28-31-32-33-36-38-41-44-47-50-53-56-62(65)68-59-60(69-63(66)57-54-51-48-45-42-39-35-30-27-24-21-18-15-12-9-6-3)58-67-61(64)55-52-49-46-43-40-37-34-29-26-23-20-17-14-11-8-5-2/h7,9-10,12,16,18-19,21,25,27-30,34,37,39-40,42,48,51,60H,4-6,8,11,13-15,17,20,22-24,26,31-33,35-36,38,41,43-47,49-50,52-59H2,1-3H3/b10-7-,12-9-,19-16-,21-18-,28-25-,30-27-,34-29-,40-37-,42-39-,51-48-. The van der Waals surface area contributed by atoms with Gasteiger partial charge < -0.3 is 14.2 Å². The molecule has 0 aromatic carbocycles. The molecule has 390 valence electrons. The fourth-order valence-electron chi connectivity index (χ4n) is 7.32. The Morgan fingerprint density at radius 3 is 1.04 bits per heavy atom. The monoisotopic (exact) mass is 955 g/mol. The van der Waals surface area contributed by atoms with Crippen LogP contribution < -0.4 is 0 Å². The summed E-state index contributed by atoms with van der Waals surface area (Å²) in [4.78, 5) is 38.1. The van der Waals surface area contributed by atoms with E-state index in [1.54, 1.807) is 0 Å². The number of esters is 3. The average Bonchev–Trinajstić information content (AvgIpc) is 3.35. The Bertz CT molecular complexity index is 1470. The molecule has 0 bridgehead atoms. The lowest BCUT2D eigenvalue weighted by Crippen LogP contribution is -2.30. The molecule has 0 N–H and O–H groups in total. The van der Waals surface area contributed by atoms with Crippen molar-refractivity contribution < 1.29 is 28.6 Å². The van der Waals surface area contributed by atoms with E-state index in [1.807, 2.05) is 12.2 Å². The van der Waals surface area contributed by atoms with Crippen LogP contribution in [-0.2, 0) is 28.6 Å². The van der Waals surface area contributed by atoms with E-state index >= 15 is 0 Å². The fourth-order valence-corrected chi connectivity index (χ4v) is 7.32. The third-order valence-electron chi connectivity index (χ3n) is 11.5. The normalized spacial score (nSPS) is 13.0. The number of unbranched alkanes of at least 4 members (excludes halogenated alkanes) is 19. The predicted molar refractivity (Wildman–Crippen MR) is 297 cm³/mol. The smallest absolute Gasteiger partial charge is 0.306 e. The number of carbonyl (C=O) groups is 3. The van der Waals surface area contributed by atoms with E-state index < -0.39 is 12.1 Å². The molecule has 0 spiro atoms. The molecule has 69 heavy (non-hydrogen) atoms. The van der Waals surface area contributed by atoms with E-state index in [0.717, 1.165) is 109 Å². The number of ether oxygens (including phenoxy) is 3. The van der Waals surface area contributed by atoms with Crippen LogP contribution in [0.3, 0.4) is 0 Å². The number of hydrogen-bond donors (Lipinski definition) is 0. The summed E-state index contributed by atoms with van der Waals surface area (Å²) in [5.41, 5.74) is 0. The molecular formula is C63H102O6. The van der Waals surface area contributed by atoms with Crippen molar-refractivity contribution in [2.45, 2.75) is 245 Å². The maximum atomic E-state index is 12.8. The molecule has 0 radical (unpaired) electrons. The van der Waals surface area contributed by atoms with Crippen LogP contribution >= 0.6 is 0 Å². The number of hydrogen-bond acceptors (Lipinski definition) is 6. The summed E-state index contributed by atoms with van der Waals surface area (Å²) in [6.45, 7) is 6.32. The number of carbonyl (C=O) groups excluding carboxylic acids is 3. The zero-order chi connectivity index (χ0) is 50.0. The van der Waals surface area contributed by atoms with Gasteiger partial charge in [0.25, 0.3) is 0 Å². The van der Waals surface area contributed by atoms with Gasteiger partial charge in [-0.15, -0.1) is 0 Å². The highest BCUT2D eigenvalue weighted by atomic mass is 16.6. The lowest BCUT2D eigenvalue weighted by atomic mass is 10.1. The van der Waals surface area contributed by atoms with Crippen LogP contribution in [0.15, 0.2) is 122 Å². The molecule has 0 saturated heterocycles. The molecule has 0 fully saturated rings. The molecule has 0 aromatic rings. The van der Waals surface area contributed by atoms with Gasteiger partial charge in [0.05, 0.1) is 0 Å². The third kappa shape index (κ3) is 54.6. The van der Waals surface area contributed by atoms with Crippen LogP contribution in [-0.4, -0.2) is 37.2 Å². The third-order valence-corrected chi connectivity index (χ3v) is 11.5. The maximum absolute atomic E-state index is 12.8. The van der Waals surface area contributed by atoms with E-state index in [2.05, 4.69) is 130 Å². The van der Waals surface area contributed by atoms with Crippen LogP contribution in [0.25, 0.3) is 0 Å². The van der Waals surface area contributed by atoms with Gasteiger partial charge in [-0.2, -0.15) is 0 Å². The van der Waals surface area contributed by atoms with Gasteiger partial charge in [-0.05, 0) is 109 Å². The van der Waals surface area contributed by atoms with Crippen LogP contribution in [0.5, 0.6) is 0 Å². The van der Waals surface area contributed by atoms with E-state index in [4.69, 9.17) is 14.2 Å². The molecule has 1 atom stereocenters. The highest BCUT2D eigenvalue weighted by Gasteiger charge is 2.19. The molecule has 0 aliphatic carbocycles. The summed E-state index contributed by atoms with van der Waals surface area (Å²) < 4.78 is 16.8. The highest BCUT2D eigenvalue weighted by Crippen LogP contribution is 2.14. The largest absolute Gasteiger partial charge is 0.462 e. The van der Waals surface area contributed by atoms with Gasteiger partial charge in [-0.25, -0.2) is 0 Å². The molecule has 0 rings (SSSR count). The summed E-state index contributed by atoms with van der Waals surface area (Å²) in [5, 5.41) is 0. The molecule has 0 aliphatic heterocycles. The Balaban J connectivity index is 4.53. The Kier molecular flexibility index (Phi) is 53.0.